The number of benzene rings is 1. The fourth-order valence-corrected chi connectivity index (χ4v) is 5.06. The fourth-order valence-electron chi connectivity index (χ4n) is 3.00. The third kappa shape index (κ3) is 4.10. The molecule has 4 nitrogen and oxygen atoms in total. The fraction of sp³-hybridized carbons (Fsp3) is 0.368. The summed E-state index contributed by atoms with van der Waals surface area (Å²) >= 11 is 3.29. The Morgan fingerprint density at radius 3 is 2.85 bits per heavy atom. The molecule has 0 saturated carbocycles. The number of hydrogen-bond donors (Lipinski definition) is 0. The summed E-state index contributed by atoms with van der Waals surface area (Å²) in [4.78, 5) is 28.3. The second-order valence-corrected chi connectivity index (χ2v) is 8.52. The third-order valence-electron chi connectivity index (χ3n) is 4.39. The first-order chi connectivity index (χ1) is 12.5. The molecule has 0 aliphatic carbocycles. The molecule has 1 saturated heterocycles. The average molecular weight is 393 g/mol. The zero-order valence-electron chi connectivity index (χ0n) is 14.7. The number of halogens is 1. The summed E-state index contributed by atoms with van der Waals surface area (Å²) in [6, 6.07) is 7.76. The van der Waals surface area contributed by atoms with Crippen LogP contribution in [0.15, 0.2) is 41.1 Å². The van der Waals surface area contributed by atoms with Crippen LogP contribution in [0.3, 0.4) is 0 Å². The van der Waals surface area contributed by atoms with Crippen molar-refractivity contribution in [2.45, 2.75) is 24.0 Å². The van der Waals surface area contributed by atoms with E-state index in [1.165, 1.54) is 18.2 Å². The van der Waals surface area contributed by atoms with E-state index in [9.17, 15) is 14.0 Å². The van der Waals surface area contributed by atoms with E-state index in [0.29, 0.717) is 25.1 Å². The highest BCUT2D eigenvalue weighted by Gasteiger charge is 2.38. The van der Waals surface area contributed by atoms with E-state index in [1.54, 1.807) is 41.1 Å². The summed E-state index contributed by atoms with van der Waals surface area (Å²) in [5.74, 6) is -0.490. The van der Waals surface area contributed by atoms with Crippen molar-refractivity contribution in [1.29, 1.82) is 0 Å². The minimum atomic E-state index is -0.420. The predicted molar refractivity (Wildman–Crippen MR) is 104 cm³/mol. The molecule has 138 valence electrons. The lowest BCUT2D eigenvalue weighted by Crippen LogP contribution is -2.34. The van der Waals surface area contributed by atoms with Crippen molar-refractivity contribution in [3.63, 3.8) is 0 Å². The Bertz CT molecular complexity index is 782. The standard InChI is InChI=1S/C19H21FN2O2S2/c1-13-17(23)22(19(26-13)15-7-10-25-12-15)9-4-8-21(2)18(24)14-5-3-6-16(20)11-14/h3,5-7,10-13,19H,4,8-9H2,1-2H3/t13-,19+/m1/s1. The zero-order valence-corrected chi connectivity index (χ0v) is 16.4. The van der Waals surface area contributed by atoms with Crippen molar-refractivity contribution in [1.82, 2.24) is 9.80 Å². The molecule has 1 aliphatic heterocycles. The Morgan fingerprint density at radius 1 is 1.35 bits per heavy atom. The first-order valence-corrected chi connectivity index (χ1v) is 10.3. The van der Waals surface area contributed by atoms with Gasteiger partial charge in [-0.2, -0.15) is 11.3 Å². The van der Waals surface area contributed by atoms with E-state index in [1.807, 2.05) is 17.2 Å². The van der Waals surface area contributed by atoms with Crippen molar-refractivity contribution < 1.29 is 14.0 Å². The minimum absolute atomic E-state index is 0.0491. The Morgan fingerprint density at radius 2 is 2.15 bits per heavy atom. The normalized spacial score (nSPS) is 19.8. The molecule has 1 aliphatic rings. The third-order valence-corrected chi connectivity index (χ3v) is 6.48. The molecule has 1 aromatic heterocycles. The lowest BCUT2D eigenvalue weighted by molar-refractivity contribution is -0.129. The molecular formula is C19H21FN2O2S2. The lowest BCUT2D eigenvalue weighted by atomic mass is 10.2. The maximum atomic E-state index is 13.3. The molecule has 0 radical (unpaired) electrons. The highest BCUT2D eigenvalue weighted by Crippen LogP contribution is 2.43. The van der Waals surface area contributed by atoms with Crippen LogP contribution in [0.4, 0.5) is 4.39 Å². The van der Waals surface area contributed by atoms with Gasteiger partial charge in [-0.15, -0.1) is 11.8 Å². The van der Waals surface area contributed by atoms with Gasteiger partial charge in [0, 0.05) is 25.7 Å². The topological polar surface area (TPSA) is 40.6 Å². The number of amides is 2. The van der Waals surface area contributed by atoms with Gasteiger partial charge in [-0.05, 0) is 53.9 Å². The number of nitrogens with zero attached hydrogens (tertiary/aromatic N) is 2. The van der Waals surface area contributed by atoms with Crippen LogP contribution in [0, 0.1) is 5.82 Å². The monoisotopic (exact) mass is 392 g/mol. The van der Waals surface area contributed by atoms with Gasteiger partial charge in [0.2, 0.25) is 5.91 Å². The van der Waals surface area contributed by atoms with Crippen LogP contribution in [0.2, 0.25) is 0 Å². The molecule has 3 rings (SSSR count). The smallest absolute Gasteiger partial charge is 0.253 e. The summed E-state index contributed by atoms with van der Waals surface area (Å²) in [6.07, 6.45) is 0.678. The number of rotatable bonds is 6. The molecule has 0 unspecified atom stereocenters. The molecule has 2 heterocycles. The van der Waals surface area contributed by atoms with E-state index in [-0.39, 0.29) is 22.4 Å². The minimum Gasteiger partial charge on any atom is -0.342 e. The van der Waals surface area contributed by atoms with E-state index >= 15 is 0 Å². The van der Waals surface area contributed by atoms with Crippen LogP contribution in [-0.2, 0) is 4.79 Å². The predicted octanol–water partition coefficient (Wildman–Crippen LogP) is 4.01. The highest BCUT2D eigenvalue weighted by atomic mass is 32.2. The van der Waals surface area contributed by atoms with E-state index in [4.69, 9.17) is 0 Å². The van der Waals surface area contributed by atoms with Crippen molar-refractivity contribution in [2.24, 2.45) is 0 Å². The number of thiophene rings is 1. The maximum absolute atomic E-state index is 13.3. The molecule has 7 heteroatoms. The van der Waals surface area contributed by atoms with Crippen LogP contribution in [-0.4, -0.2) is 47.0 Å². The molecule has 2 atom stereocenters. The summed E-state index contributed by atoms with van der Waals surface area (Å²) < 4.78 is 13.3. The van der Waals surface area contributed by atoms with Crippen LogP contribution in [0.1, 0.15) is 34.6 Å². The Balaban J connectivity index is 1.57. The number of carbonyl (C=O) groups excluding carboxylic acids is 2. The van der Waals surface area contributed by atoms with Crippen LogP contribution in [0.5, 0.6) is 0 Å². The highest BCUT2D eigenvalue weighted by molar-refractivity contribution is 8.01. The van der Waals surface area contributed by atoms with Crippen molar-refractivity contribution in [2.75, 3.05) is 20.1 Å². The van der Waals surface area contributed by atoms with Gasteiger partial charge < -0.3 is 9.80 Å². The van der Waals surface area contributed by atoms with Crippen LogP contribution >= 0.6 is 23.1 Å². The van der Waals surface area contributed by atoms with Crippen molar-refractivity contribution in [3.05, 3.63) is 58.0 Å². The summed E-state index contributed by atoms with van der Waals surface area (Å²) in [5.41, 5.74) is 1.49. The van der Waals surface area contributed by atoms with Crippen molar-refractivity contribution >= 4 is 34.9 Å². The van der Waals surface area contributed by atoms with Gasteiger partial charge in [0.25, 0.3) is 5.91 Å². The first kappa shape index (κ1) is 18.9. The molecule has 0 spiro atoms. The summed E-state index contributed by atoms with van der Waals surface area (Å²) in [6.45, 7) is 3.04. The number of carbonyl (C=O) groups is 2. The molecule has 2 amide bonds. The molecule has 1 fully saturated rings. The molecule has 26 heavy (non-hydrogen) atoms. The molecular weight excluding hydrogens is 371 g/mol. The molecule has 0 N–H and O–H groups in total. The Labute approximate surface area is 161 Å². The van der Waals surface area contributed by atoms with E-state index < -0.39 is 5.82 Å². The maximum Gasteiger partial charge on any atom is 0.253 e. The SMILES string of the molecule is C[C@H]1S[C@@H](c2ccsc2)N(CCCN(C)C(=O)c2cccc(F)c2)C1=O. The van der Waals surface area contributed by atoms with Gasteiger partial charge in [0.15, 0.2) is 0 Å². The van der Waals surface area contributed by atoms with Gasteiger partial charge in [-0.25, -0.2) is 4.39 Å². The van der Waals surface area contributed by atoms with Gasteiger partial charge >= 0.3 is 0 Å². The number of hydrogen-bond acceptors (Lipinski definition) is 4. The van der Waals surface area contributed by atoms with Crippen molar-refractivity contribution in [3.8, 4) is 0 Å². The average Bonchev–Trinajstić information content (AvgIpc) is 3.24. The second-order valence-electron chi connectivity index (χ2n) is 6.31. The van der Waals surface area contributed by atoms with Crippen LogP contribution in [0.25, 0.3) is 0 Å². The van der Waals surface area contributed by atoms with E-state index in [0.717, 1.165) is 5.56 Å². The Kier molecular flexibility index (Phi) is 5.98. The van der Waals surface area contributed by atoms with Crippen LogP contribution < -0.4 is 0 Å². The van der Waals surface area contributed by atoms with Gasteiger partial charge in [0.1, 0.15) is 11.2 Å². The van der Waals surface area contributed by atoms with Gasteiger partial charge in [0.05, 0.1) is 5.25 Å². The molecule has 0 bridgehead atoms. The Hall–Kier alpha value is -1.86. The molecule has 2 aromatic rings. The van der Waals surface area contributed by atoms with Gasteiger partial charge in [-0.3, -0.25) is 9.59 Å². The zero-order chi connectivity index (χ0) is 18.7. The summed E-state index contributed by atoms with van der Waals surface area (Å²) in [7, 11) is 1.70. The van der Waals surface area contributed by atoms with E-state index in [2.05, 4.69) is 11.4 Å². The first-order valence-electron chi connectivity index (χ1n) is 8.46. The summed E-state index contributed by atoms with van der Waals surface area (Å²) in [5, 5.41) is 4.10. The largest absolute Gasteiger partial charge is 0.342 e. The lowest BCUT2D eigenvalue weighted by Gasteiger charge is -2.25. The molecule has 1 aromatic carbocycles. The van der Waals surface area contributed by atoms with Gasteiger partial charge in [-0.1, -0.05) is 6.07 Å². The number of thioether (sulfide) groups is 1. The second kappa shape index (κ2) is 8.22. The quantitative estimate of drug-likeness (QED) is 0.746.